The van der Waals surface area contributed by atoms with Crippen molar-refractivity contribution in [3.8, 4) is 0 Å². The molecule has 4 rings (SSSR count). The van der Waals surface area contributed by atoms with E-state index in [2.05, 4.69) is 10.3 Å². The number of thioether (sulfide) groups is 1. The van der Waals surface area contributed by atoms with Gasteiger partial charge in [-0.1, -0.05) is 59.8 Å². The molecule has 2 aromatic rings. The number of aliphatic hydroxyl groups excluding tert-OH is 2. The first-order valence-corrected chi connectivity index (χ1v) is 11.0. The van der Waals surface area contributed by atoms with Gasteiger partial charge in [0.05, 0.1) is 18.1 Å². The Morgan fingerprint density at radius 3 is 2.57 bits per heavy atom. The molecule has 0 spiro atoms. The summed E-state index contributed by atoms with van der Waals surface area (Å²) < 4.78 is 0. The Hall–Kier alpha value is -2.35. The van der Waals surface area contributed by atoms with E-state index in [9.17, 15) is 15.0 Å². The van der Waals surface area contributed by atoms with Crippen molar-refractivity contribution < 1.29 is 15.0 Å². The molecule has 0 bridgehead atoms. The number of nitrogens with zero attached hydrogens (tertiary/aromatic N) is 2. The molecule has 1 heterocycles. The van der Waals surface area contributed by atoms with Crippen molar-refractivity contribution >= 4 is 28.5 Å². The third-order valence-corrected chi connectivity index (χ3v) is 7.06. The summed E-state index contributed by atoms with van der Waals surface area (Å²) in [5, 5.41) is 24.7. The quantitative estimate of drug-likeness (QED) is 0.701. The number of amidine groups is 1. The summed E-state index contributed by atoms with van der Waals surface area (Å²) in [6, 6.07) is 17.3. The maximum atomic E-state index is 13.2. The molecule has 0 aromatic heterocycles. The highest BCUT2D eigenvalue weighted by Gasteiger charge is 2.50. The van der Waals surface area contributed by atoms with E-state index in [-0.39, 0.29) is 17.6 Å². The lowest BCUT2D eigenvalue weighted by Crippen LogP contribution is -2.54. The minimum Gasteiger partial charge on any atom is -0.390 e. The van der Waals surface area contributed by atoms with Crippen LogP contribution < -0.4 is 5.32 Å². The summed E-state index contributed by atoms with van der Waals surface area (Å²) in [5.41, 5.74) is 3.13. The zero-order chi connectivity index (χ0) is 21.3. The van der Waals surface area contributed by atoms with E-state index < -0.39 is 24.2 Å². The second-order valence-corrected chi connectivity index (χ2v) is 9.25. The molecule has 1 fully saturated rings. The number of nitrogens with one attached hydrogen (secondary N) is 1. The van der Waals surface area contributed by atoms with Crippen molar-refractivity contribution in [2.24, 2.45) is 10.9 Å². The molecule has 158 valence electrons. The second kappa shape index (κ2) is 8.79. The Balaban J connectivity index is 1.48. The number of carbonyl (C=O) groups excluding carboxylic acids is 1. The lowest BCUT2D eigenvalue weighted by Gasteiger charge is -2.38. The van der Waals surface area contributed by atoms with Gasteiger partial charge in [-0.3, -0.25) is 9.79 Å². The average molecular weight is 426 g/mol. The number of aliphatic imine (C=N–C) groups is 1. The van der Waals surface area contributed by atoms with Crippen LogP contribution in [-0.2, 0) is 11.3 Å². The van der Waals surface area contributed by atoms with E-state index in [1.54, 1.807) is 11.9 Å². The standard InChI is InChI=1S/C23H27N3O3S/c1-14-8-10-16(11-9-14)24-23-25-19-20(28)18(27)12-17(21(19)30-23)22(29)26(2)13-15-6-4-3-5-7-15/h3-11,17-21,27-28H,12-13H2,1-2H3,(H,24,25)/t17-,18+,19+,20-,21+/m0/s1. The number of hydrogen-bond acceptors (Lipinski definition) is 6. The van der Waals surface area contributed by atoms with E-state index in [0.717, 1.165) is 11.3 Å². The Bertz CT molecular complexity index is 919. The van der Waals surface area contributed by atoms with Crippen LogP contribution in [-0.4, -0.2) is 56.7 Å². The Morgan fingerprint density at radius 1 is 1.17 bits per heavy atom. The fourth-order valence-electron chi connectivity index (χ4n) is 4.07. The van der Waals surface area contributed by atoms with E-state index in [1.807, 2.05) is 61.5 Å². The molecule has 2 aromatic carbocycles. The summed E-state index contributed by atoms with van der Waals surface area (Å²) in [4.78, 5) is 19.6. The summed E-state index contributed by atoms with van der Waals surface area (Å²) in [5.74, 6) is -0.438. The number of amides is 1. The highest BCUT2D eigenvalue weighted by Crippen LogP contribution is 2.42. The van der Waals surface area contributed by atoms with Gasteiger partial charge >= 0.3 is 0 Å². The molecular formula is C23H27N3O3S. The van der Waals surface area contributed by atoms with Crippen LogP contribution in [0.5, 0.6) is 0 Å². The zero-order valence-corrected chi connectivity index (χ0v) is 17.9. The van der Waals surface area contributed by atoms with Crippen molar-refractivity contribution in [1.82, 2.24) is 4.90 Å². The predicted molar refractivity (Wildman–Crippen MR) is 120 cm³/mol. The molecule has 2 aliphatic rings. The molecule has 7 heteroatoms. The zero-order valence-electron chi connectivity index (χ0n) is 17.1. The third-order valence-electron chi connectivity index (χ3n) is 5.75. The first kappa shape index (κ1) is 20.9. The van der Waals surface area contributed by atoms with Gasteiger partial charge in [-0.15, -0.1) is 0 Å². The van der Waals surface area contributed by atoms with Crippen LogP contribution in [0.4, 0.5) is 5.69 Å². The number of aryl methyl sites for hydroxylation is 1. The van der Waals surface area contributed by atoms with Crippen LogP contribution in [0.1, 0.15) is 17.5 Å². The fourth-order valence-corrected chi connectivity index (χ4v) is 5.44. The molecule has 1 amide bonds. The molecular weight excluding hydrogens is 398 g/mol. The maximum absolute atomic E-state index is 13.2. The van der Waals surface area contributed by atoms with Crippen LogP contribution in [0, 0.1) is 12.8 Å². The van der Waals surface area contributed by atoms with Gasteiger partial charge in [0.2, 0.25) is 5.91 Å². The first-order chi connectivity index (χ1) is 14.4. The van der Waals surface area contributed by atoms with E-state index >= 15 is 0 Å². The van der Waals surface area contributed by atoms with Crippen LogP contribution in [0.2, 0.25) is 0 Å². The van der Waals surface area contributed by atoms with Gasteiger partial charge in [0, 0.05) is 24.5 Å². The van der Waals surface area contributed by atoms with Crippen LogP contribution in [0.3, 0.4) is 0 Å². The van der Waals surface area contributed by atoms with Crippen molar-refractivity contribution in [1.29, 1.82) is 0 Å². The van der Waals surface area contributed by atoms with Gasteiger partial charge in [-0.25, -0.2) is 0 Å². The largest absolute Gasteiger partial charge is 0.390 e. The second-order valence-electron chi connectivity index (χ2n) is 8.08. The minimum absolute atomic E-state index is 0.0286. The van der Waals surface area contributed by atoms with Crippen LogP contribution >= 0.6 is 11.8 Å². The number of carbonyl (C=O) groups is 1. The number of fused-ring (bicyclic) bond motifs is 1. The Kier molecular flexibility index (Phi) is 6.13. The van der Waals surface area contributed by atoms with Crippen LogP contribution in [0.25, 0.3) is 0 Å². The molecule has 1 saturated carbocycles. The first-order valence-electron chi connectivity index (χ1n) is 10.2. The average Bonchev–Trinajstić information content (AvgIpc) is 3.16. The summed E-state index contributed by atoms with van der Waals surface area (Å²) in [7, 11) is 1.79. The third kappa shape index (κ3) is 4.38. The highest BCUT2D eigenvalue weighted by atomic mass is 32.2. The van der Waals surface area contributed by atoms with E-state index in [0.29, 0.717) is 11.7 Å². The van der Waals surface area contributed by atoms with Crippen molar-refractivity contribution in [2.75, 3.05) is 12.4 Å². The van der Waals surface area contributed by atoms with E-state index in [1.165, 1.54) is 17.3 Å². The topological polar surface area (TPSA) is 85.2 Å². The van der Waals surface area contributed by atoms with Gasteiger partial charge in [0.1, 0.15) is 6.10 Å². The predicted octanol–water partition coefficient (Wildman–Crippen LogP) is 2.65. The molecule has 0 radical (unpaired) electrons. The summed E-state index contributed by atoms with van der Waals surface area (Å²) in [6.07, 6.45) is -1.70. The van der Waals surface area contributed by atoms with Crippen molar-refractivity contribution in [3.63, 3.8) is 0 Å². The number of hydrogen-bond donors (Lipinski definition) is 3. The molecule has 30 heavy (non-hydrogen) atoms. The molecule has 3 N–H and O–H groups in total. The minimum atomic E-state index is -0.969. The Labute approximate surface area is 181 Å². The van der Waals surface area contributed by atoms with Gasteiger partial charge in [-0.2, -0.15) is 0 Å². The van der Waals surface area contributed by atoms with Gasteiger partial charge in [0.15, 0.2) is 5.17 Å². The maximum Gasteiger partial charge on any atom is 0.227 e. The van der Waals surface area contributed by atoms with Crippen molar-refractivity contribution in [3.05, 3.63) is 65.7 Å². The number of benzene rings is 2. The monoisotopic (exact) mass is 425 g/mol. The lowest BCUT2D eigenvalue weighted by molar-refractivity contribution is -0.139. The van der Waals surface area contributed by atoms with Crippen LogP contribution in [0.15, 0.2) is 59.6 Å². The molecule has 1 aliphatic heterocycles. The van der Waals surface area contributed by atoms with E-state index in [4.69, 9.17) is 0 Å². The molecule has 5 atom stereocenters. The Morgan fingerprint density at radius 2 is 1.87 bits per heavy atom. The van der Waals surface area contributed by atoms with Gasteiger partial charge in [-0.05, 0) is 31.0 Å². The fraction of sp³-hybridized carbons (Fsp3) is 0.391. The molecule has 0 saturated heterocycles. The molecule has 0 unspecified atom stereocenters. The number of anilines is 1. The summed E-state index contributed by atoms with van der Waals surface area (Å²) >= 11 is 1.48. The smallest absolute Gasteiger partial charge is 0.227 e. The highest BCUT2D eigenvalue weighted by molar-refractivity contribution is 8.15. The molecule has 1 aliphatic carbocycles. The molecule has 6 nitrogen and oxygen atoms in total. The summed E-state index contributed by atoms with van der Waals surface area (Å²) in [6.45, 7) is 2.53. The number of rotatable bonds is 4. The number of aliphatic hydroxyl groups is 2. The SMILES string of the molecule is Cc1ccc(NC2=N[C@@H]3[C@@H](O)[C@H](O)C[C@H](C(=O)N(C)Cc4ccccc4)[C@H]3S2)cc1. The normalized spacial score (nSPS) is 27.9. The lowest BCUT2D eigenvalue weighted by atomic mass is 9.80. The van der Waals surface area contributed by atoms with Gasteiger partial charge < -0.3 is 20.4 Å². The van der Waals surface area contributed by atoms with Gasteiger partial charge in [0.25, 0.3) is 0 Å². The van der Waals surface area contributed by atoms with Crippen molar-refractivity contribution in [2.45, 2.75) is 43.4 Å².